The third-order valence-electron chi connectivity index (χ3n) is 2.34. The fraction of sp³-hybridized carbons (Fsp3) is 0.308. The van der Waals surface area contributed by atoms with Gasteiger partial charge in [0.15, 0.2) is 0 Å². The summed E-state index contributed by atoms with van der Waals surface area (Å²) < 4.78 is 0. The normalized spacial score (nSPS) is 13.6. The predicted molar refractivity (Wildman–Crippen MR) is 66.6 cm³/mol. The minimum absolute atomic E-state index is 0.124. The van der Waals surface area contributed by atoms with Crippen molar-refractivity contribution in [1.29, 1.82) is 0 Å². The number of carbonyl (C=O) groups is 3. The van der Waals surface area contributed by atoms with E-state index in [1.165, 1.54) is 0 Å². The smallest absolute Gasteiger partial charge is 0.299 e. The van der Waals surface area contributed by atoms with Crippen LogP contribution in [0.4, 0.5) is 0 Å². The van der Waals surface area contributed by atoms with Crippen molar-refractivity contribution < 1.29 is 14.4 Å². The Kier molecular flexibility index (Phi) is 5.73. The molecule has 5 nitrogen and oxygen atoms in total. The summed E-state index contributed by atoms with van der Waals surface area (Å²) in [6, 6.07) is 9.83. The second-order valence-electron chi connectivity index (χ2n) is 3.79. The quantitative estimate of drug-likeness (QED) is 0.759. The van der Waals surface area contributed by atoms with Crippen molar-refractivity contribution in [1.82, 2.24) is 10.9 Å². The molecule has 2 rings (SSSR count). The fourth-order valence-electron chi connectivity index (χ4n) is 1.30. The van der Waals surface area contributed by atoms with Crippen LogP contribution in [0.3, 0.4) is 0 Å². The first-order chi connectivity index (χ1) is 8.63. The van der Waals surface area contributed by atoms with Crippen LogP contribution >= 0.6 is 0 Å². The molecule has 0 saturated carbocycles. The van der Waals surface area contributed by atoms with Crippen LogP contribution < -0.4 is 10.9 Å². The van der Waals surface area contributed by atoms with Gasteiger partial charge in [-0.3, -0.25) is 19.8 Å². The number of rotatable bonds is 3. The lowest BCUT2D eigenvalue weighted by Gasteiger charge is -1.96. The molecular formula is C13H16N2O3. The van der Waals surface area contributed by atoms with E-state index in [9.17, 15) is 14.4 Å². The highest BCUT2D eigenvalue weighted by Gasteiger charge is 2.18. The molecule has 1 amide bonds. The monoisotopic (exact) mass is 248 g/mol. The average Bonchev–Trinajstić information content (AvgIpc) is 2.76. The number of Topliss-reactive ketones (excluding diaryl/α,β-unsaturated/α-hetero) is 2. The SMILES string of the molecule is CCC(=O)Cc1ccccc1.O=C1CNNC1=O. The van der Waals surface area contributed by atoms with Gasteiger partial charge in [0.05, 0.1) is 6.54 Å². The first-order valence-corrected chi connectivity index (χ1v) is 5.75. The van der Waals surface area contributed by atoms with E-state index in [4.69, 9.17) is 0 Å². The Hall–Kier alpha value is -2.01. The van der Waals surface area contributed by atoms with Gasteiger partial charge in [-0.1, -0.05) is 37.3 Å². The molecule has 5 heteroatoms. The standard InChI is InChI=1S/C10H12O.C3H4N2O2/c1-2-10(11)8-9-6-4-3-5-7-9;6-2-1-4-5-3(2)7/h3-7H,2,8H2,1H3;4H,1H2,(H,5,7). The largest absolute Gasteiger partial charge is 0.302 e. The minimum atomic E-state index is -0.542. The van der Waals surface area contributed by atoms with Crippen molar-refractivity contribution >= 4 is 17.5 Å². The van der Waals surface area contributed by atoms with Crippen LogP contribution in [-0.2, 0) is 20.8 Å². The maximum atomic E-state index is 11.0. The molecule has 1 aliphatic heterocycles. The summed E-state index contributed by atoms with van der Waals surface area (Å²) in [4.78, 5) is 31.1. The van der Waals surface area contributed by atoms with Gasteiger partial charge in [0.25, 0.3) is 0 Å². The van der Waals surface area contributed by atoms with Crippen LogP contribution in [0.1, 0.15) is 18.9 Å². The maximum absolute atomic E-state index is 11.0. The number of hydrazine groups is 1. The van der Waals surface area contributed by atoms with Crippen molar-refractivity contribution in [3.05, 3.63) is 35.9 Å². The topological polar surface area (TPSA) is 75.3 Å². The highest BCUT2D eigenvalue weighted by atomic mass is 16.2. The van der Waals surface area contributed by atoms with Crippen LogP contribution in [0.15, 0.2) is 30.3 Å². The summed E-state index contributed by atoms with van der Waals surface area (Å²) in [6.45, 7) is 2.02. The van der Waals surface area contributed by atoms with Gasteiger partial charge in [-0.2, -0.15) is 0 Å². The Labute approximate surface area is 106 Å². The van der Waals surface area contributed by atoms with E-state index in [-0.39, 0.29) is 6.54 Å². The van der Waals surface area contributed by atoms with Crippen LogP contribution in [0, 0.1) is 0 Å². The Morgan fingerprint density at radius 3 is 2.28 bits per heavy atom. The zero-order valence-electron chi connectivity index (χ0n) is 10.2. The van der Waals surface area contributed by atoms with Gasteiger partial charge >= 0.3 is 5.91 Å². The van der Waals surface area contributed by atoms with Gasteiger partial charge < -0.3 is 0 Å². The van der Waals surface area contributed by atoms with Crippen molar-refractivity contribution in [2.45, 2.75) is 19.8 Å². The van der Waals surface area contributed by atoms with Gasteiger partial charge in [0.2, 0.25) is 5.78 Å². The summed E-state index contributed by atoms with van der Waals surface area (Å²) in [5, 5.41) is 0. The van der Waals surface area contributed by atoms with E-state index in [2.05, 4.69) is 10.9 Å². The lowest BCUT2D eigenvalue weighted by molar-refractivity contribution is -0.134. The Morgan fingerprint density at radius 2 is 1.89 bits per heavy atom. The molecule has 1 fully saturated rings. The molecular weight excluding hydrogens is 232 g/mol. The maximum Gasteiger partial charge on any atom is 0.302 e. The van der Waals surface area contributed by atoms with E-state index in [0.29, 0.717) is 18.6 Å². The Bertz CT molecular complexity index is 415. The number of ketones is 2. The number of carbonyl (C=O) groups excluding carboxylic acids is 3. The Morgan fingerprint density at radius 1 is 1.22 bits per heavy atom. The molecule has 1 aromatic rings. The van der Waals surface area contributed by atoms with E-state index in [1.54, 1.807) is 0 Å². The van der Waals surface area contributed by atoms with Gasteiger partial charge in [0.1, 0.15) is 5.78 Å². The first-order valence-electron chi connectivity index (χ1n) is 5.75. The van der Waals surface area contributed by atoms with Crippen molar-refractivity contribution in [2.75, 3.05) is 6.54 Å². The summed E-state index contributed by atoms with van der Waals surface area (Å²) in [5.41, 5.74) is 5.61. The van der Waals surface area contributed by atoms with Gasteiger partial charge in [-0.15, -0.1) is 0 Å². The van der Waals surface area contributed by atoms with E-state index >= 15 is 0 Å². The molecule has 0 aliphatic carbocycles. The van der Waals surface area contributed by atoms with Crippen LogP contribution in [0.5, 0.6) is 0 Å². The molecule has 0 spiro atoms. The summed E-state index contributed by atoms with van der Waals surface area (Å²) in [7, 11) is 0. The minimum Gasteiger partial charge on any atom is -0.299 e. The molecule has 2 N–H and O–H groups in total. The molecule has 0 atom stereocenters. The molecule has 18 heavy (non-hydrogen) atoms. The second-order valence-corrected chi connectivity index (χ2v) is 3.79. The molecule has 96 valence electrons. The average molecular weight is 248 g/mol. The van der Waals surface area contributed by atoms with E-state index < -0.39 is 11.7 Å². The van der Waals surface area contributed by atoms with Gasteiger partial charge in [0, 0.05) is 12.8 Å². The molecule has 1 aromatic carbocycles. The van der Waals surface area contributed by atoms with Gasteiger partial charge in [-0.25, -0.2) is 5.43 Å². The first kappa shape index (κ1) is 14.1. The second kappa shape index (κ2) is 7.34. The fourth-order valence-corrected chi connectivity index (χ4v) is 1.30. The number of hydrogen-bond donors (Lipinski definition) is 2. The molecule has 0 radical (unpaired) electrons. The van der Waals surface area contributed by atoms with Crippen molar-refractivity contribution in [2.24, 2.45) is 0 Å². The Balaban J connectivity index is 0.000000199. The third-order valence-corrected chi connectivity index (χ3v) is 2.34. The van der Waals surface area contributed by atoms with Crippen molar-refractivity contribution in [3.8, 4) is 0 Å². The zero-order chi connectivity index (χ0) is 13.4. The lowest BCUT2D eigenvalue weighted by atomic mass is 10.1. The van der Waals surface area contributed by atoms with Crippen LogP contribution in [-0.4, -0.2) is 24.0 Å². The molecule has 0 unspecified atom stereocenters. The molecule has 1 saturated heterocycles. The molecule has 1 aliphatic rings. The summed E-state index contributed by atoms with van der Waals surface area (Å²) in [6.07, 6.45) is 1.21. The summed E-state index contributed by atoms with van der Waals surface area (Å²) in [5.74, 6) is -0.642. The van der Waals surface area contributed by atoms with Crippen molar-refractivity contribution in [3.63, 3.8) is 0 Å². The summed E-state index contributed by atoms with van der Waals surface area (Å²) >= 11 is 0. The number of amides is 1. The third kappa shape index (κ3) is 4.88. The van der Waals surface area contributed by atoms with E-state index in [0.717, 1.165) is 5.56 Å². The number of hydrogen-bond acceptors (Lipinski definition) is 4. The highest BCUT2D eigenvalue weighted by molar-refractivity contribution is 6.38. The molecule has 1 heterocycles. The lowest BCUT2D eigenvalue weighted by Crippen LogP contribution is -2.26. The molecule has 0 bridgehead atoms. The number of benzene rings is 1. The predicted octanol–water partition coefficient (Wildman–Crippen LogP) is 0.398. The zero-order valence-corrected chi connectivity index (χ0v) is 10.2. The number of nitrogens with one attached hydrogen (secondary N) is 2. The highest BCUT2D eigenvalue weighted by Crippen LogP contribution is 2.00. The van der Waals surface area contributed by atoms with Crippen LogP contribution in [0.2, 0.25) is 0 Å². The van der Waals surface area contributed by atoms with E-state index in [1.807, 2.05) is 37.3 Å². The molecule has 0 aromatic heterocycles. The van der Waals surface area contributed by atoms with Gasteiger partial charge in [-0.05, 0) is 5.56 Å². The van der Waals surface area contributed by atoms with Crippen LogP contribution in [0.25, 0.3) is 0 Å².